The van der Waals surface area contributed by atoms with Gasteiger partial charge in [-0.05, 0) is 18.6 Å². The van der Waals surface area contributed by atoms with Gasteiger partial charge in [-0.1, -0.05) is 38.0 Å². The number of nitrogens with one attached hydrogen (secondary N) is 1. The number of rotatable bonds is 7. The molecule has 0 fully saturated rings. The van der Waals surface area contributed by atoms with E-state index in [2.05, 4.69) is 12.2 Å². The van der Waals surface area contributed by atoms with Gasteiger partial charge in [0.25, 0.3) is 0 Å². The molecular formula is C15H21NO2. The Kier molecular flexibility index (Phi) is 6.62. The fourth-order valence-corrected chi connectivity index (χ4v) is 1.62. The Bertz CT molecular complexity index is 399. The highest BCUT2D eigenvalue weighted by molar-refractivity contribution is 5.92. The van der Waals surface area contributed by atoms with E-state index >= 15 is 0 Å². The third-order valence-electron chi connectivity index (χ3n) is 2.63. The molecule has 0 aromatic heterocycles. The summed E-state index contributed by atoms with van der Waals surface area (Å²) in [6.07, 6.45) is 6.66. The Morgan fingerprint density at radius 3 is 2.83 bits per heavy atom. The van der Waals surface area contributed by atoms with E-state index in [1.807, 2.05) is 24.3 Å². The monoisotopic (exact) mass is 247 g/mol. The normalized spacial score (nSPS) is 10.6. The molecule has 3 nitrogen and oxygen atoms in total. The van der Waals surface area contributed by atoms with Crippen LogP contribution in [0.2, 0.25) is 0 Å². The molecule has 1 aromatic carbocycles. The number of amides is 1. The lowest BCUT2D eigenvalue weighted by molar-refractivity contribution is -0.116. The highest BCUT2D eigenvalue weighted by Gasteiger charge is 1.98. The number of ether oxygens (including phenoxy) is 1. The van der Waals surface area contributed by atoms with Crippen molar-refractivity contribution >= 4 is 12.0 Å². The van der Waals surface area contributed by atoms with Gasteiger partial charge in [0.15, 0.2) is 0 Å². The highest BCUT2D eigenvalue weighted by atomic mass is 16.5. The van der Waals surface area contributed by atoms with Gasteiger partial charge in [0.05, 0.1) is 7.11 Å². The van der Waals surface area contributed by atoms with Gasteiger partial charge in [-0.2, -0.15) is 0 Å². The first kappa shape index (κ1) is 14.3. The zero-order valence-electron chi connectivity index (χ0n) is 11.1. The molecule has 0 radical (unpaired) electrons. The fraction of sp³-hybridized carbons (Fsp3) is 0.400. The van der Waals surface area contributed by atoms with Crippen molar-refractivity contribution in [1.29, 1.82) is 0 Å². The molecule has 0 heterocycles. The summed E-state index contributed by atoms with van der Waals surface area (Å²) >= 11 is 0. The lowest BCUT2D eigenvalue weighted by Gasteiger charge is -2.03. The van der Waals surface area contributed by atoms with Gasteiger partial charge in [-0.25, -0.2) is 0 Å². The van der Waals surface area contributed by atoms with E-state index in [-0.39, 0.29) is 5.91 Å². The summed E-state index contributed by atoms with van der Waals surface area (Å²) < 4.78 is 5.21. The predicted octanol–water partition coefficient (Wildman–Crippen LogP) is 3.01. The topological polar surface area (TPSA) is 38.3 Å². The second kappa shape index (κ2) is 8.34. The average molecular weight is 247 g/mol. The first-order chi connectivity index (χ1) is 8.77. The van der Waals surface area contributed by atoms with Crippen molar-refractivity contribution < 1.29 is 9.53 Å². The number of hydrogen-bond acceptors (Lipinski definition) is 2. The maximum atomic E-state index is 11.5. The third-order valence-corrected chi connectivity index (χ3v) is 2.63. The maximum Gasteiger partial charge on any atom is 0.244 e. The molecular weight excluding hydrogens is 226 g/mol. The summed E-state index contributed by atoms with van der Waals surface area (Å²) in [7, 11) is 1.62. The van der Waals surface area contributed by atoms with Gasteiger partial charge in [0.2, 0.25) is 5.91 Å². The molecule has 0 saturated carbocycles. The molecule has 0 saturated heterocycles. The predicted molar refractivity (Wildman–Crippen MR) is 74.6 cm³/mol. The summed E-state index contributed by atoms with van der Waals surface area (Å²) in [5, 5.41) is 2.86. The molecule has 1 N–H and O–H groups in total. The molecule has 0 aliphatic heterocycles. The Balaban J connectivity index is 2.45. The number of carbonyl (C=O) groups excluding carboxylic acids is 1. The largest absolute Gasteiger partial charge is 0.496 e. The second-order valence-corrected chi connectivity index (χ2v) is 4.07. The minimum absolute atomic E-state index is 0.0583. The lowest BCUT2D eigenvalue weighted by Crippen LogP contribution is -2.21. The van der Waals surface area contributed by atoms with Gasteiger partial charge in [0, 0.05) is 18.2 Å². The molecule has 1 rings (SSSR count). The lowest BCUT2D eigenvalue weighted by atomic mass is 10.2. The SMILES string of the molecule is CCCCCNC(=O)/C=C/c1ccccc1OC. The Labute approximate surface area is 109 Å². The van der Waals surface area contributed by atoms with Gasteiger partial charge in [-0.3, -0.25) is 4.79 Å². The Morgan fingerprint density at radius 2 is 2.11 bits per heavy atom. The van der Waals surface area contributed by atoms with Crippen LogP contribution in [0.5, 0.6) is 5.75 Å². The molecule has 0 bridgehead atoms. The van der Waals surface area contributed by atoms with Crippen LogP contribution in [0.25, 0.3) is 6.08 Å². The minimum atomic E-state index is -0.0583. The van der Waals surface area contributed by atoms with E-state index in [4.69, 9.17) is 4.74 Å². The first-order valence-electron chi connectivity index (χ1n) is 6.37. The van der Waals surface area contributed by atoms with Crippen LogP contribution in [0.15, 0.2) is 30.3 Å². The molecule has 0 aliphatic carbocycles. The summed E-state index contributed by atoms with van der Waals surface area (Å²) in [6, 6.07) is 7.61. The average Bonchev–Trinajstić information content (AvgIpc) is 2.41. The zero-order valence-corrected chi connectivity index (χ0v) is 11.1. The molecule has 98 valence electrons. The van der Waals surface area contributed by atoms with Crippen LogP contribution >= 0.6 is 0 Å². The standard InChI is InChI=1S/C15H21NO2/c1-3-4-7-12-16-15(17)11-10-13-8-5-6-9-14(13)18-2/h5-6,8-11H,3-4,7,12H2,1-2H3,(H,16,17)/b11-10+. The number of unbranched alkanes of at least 4 members (excludes halogenated alkanes) is 2. The number of benzene rings is 1. The first-order valence-corrected chi connectivity index (χ1v) is 6.37. The van der Waals surface area contributed by atoms with E-state index in [1.54, 1.807) is 19.3 Å². The molecule has 3 heteroatoms. The molecule has 0 atom stereocenters. The second-order valence-electron chi connectivity index (χ2n) is 4.07. The molecule has 18 heavy (non-hydrogen) atoms. The molecule has 0 unspecified atom stereocenters. The van der Waals surface area contributed by atoms with E-state index in [0.717, 1.165) is 37.1 Å². The molecule has 1 amide bonds. The smallest absolute Gasteiger partial charge is 0.244 e. The van der Waals surface area contributed by atoms with Gasteiger partial charge < -0.3 is 10.1 Å². The number of para-hydroxylation sites is 1. The summed E-state index contributed by atoms with van der Waals surface area (Å²) in [5.41, 5.74) is 0.906. The van der Waals surface area contributed by atoms with Crippen LogP contribution in [-0.2, 0) is 4.79 Å². The molecule has 1 aromatic rings. The van der Waals surface area contributed by atoms with E-state index < -0.39 is 0 Å². The van der Waals surface area contributed by atoms with Crippen molar-refractivity contribution in [3.05, 3.63) is 35.9 Å². The Hall–Kier alpha value is -1.77. The summed E-state index contributed by atoms with van der Waals surface area (Å²) in [6.45, 7) is 2.88. The summed E-state index contributed by atoms with van der Waals surface area (Å²) in [5.74, 6) is 0.713. The third kappa shape index (κ3) is 5.04. The fourth-order valence-electron chi connectivity index (χ4n) is 1.62. The Morgan fingerprint density at radius 1 is 1.33 bits per heavy atom. The van der Waals surface area contributed by atoms with Crippen molar-refractivity contribution in [3.63, 3.8) is 0 Å². The molecule has 0 aliphatic rings. The van der Waals surface area contributed by atoms with Crippen LogP contribution in [0.1, 0.15) is 31.7 Å². The highest BCUT2D eigenvalue weighted by Crippen LogP contribution is 2.18. The van der Waals surface area contributed by atoms with Crippen LogP contribution in [0, 0.1) is 0 Å². The van der Waals surface area contributed by atoms with Crippen LogP contribution < -0.4 is 10.1 Å². The van der Waals surface area contributed by atoms with Crippen LogP contribution in [-0.4, -0.2) is 19.6 Å². The van der Waals surface area contributed by atoms with E-state index in [9.17, 15) is 4.79 Å². The number of hydrogen-bond donors (Lipinski definition) is 1. The van der Waals surface area contributed by atoms with Gasteiger partial charge in [0.1, 0.15) is 5.75 Å². The maximum absolute atomic E-state index is 11.5. The van der Waals surface area contributed by atoms with Crippen LogP contribution in [0.3, 0.4) is 0 Å². The summed E-state index contributed by atoms with van der Waals surface area (Å²) in [4.78, 5) is 11.5. The van der Waals surface area contributed by atoms with Gasteiger partial charge in [-0.15, -0.1) is 0 Å². The van der Waals surface area contributed by atoms with Crippen molar-refractivity contribution in [3.8, 4) is 5.75 Å². The van der Waals surface area contributed by atoms with Crippen molar-refractivity contribution in [2.45, 2.75) is 26.2 Å². The minimum Gasteiger partial charge on any atom is -0.496 e. The number of carbonyl (C=O) groups is 1. The zero-order chi connectivity index (χ0) is 13.2. The van der Waals surface area contributed by atoms with Crippen molar-refractivity contribution in [2.75, 3.05) is 13.7 Å². The van der Waals surface area contributed by atoms with Gasteiger partial charge >= 0.3 is 0 Å². The van der Waals surface area contributed by atoms with E-state index in [1.165, 1.54) is 0 Å². The quantitative estimate of drug-likeness (QED) is 0.594. The molecule has 0 spiro atoms. The van der Waals surface area contributed by atoms with Crippen LogP contribution in [0.4, 0.5) is 0 Å². The van der Waals surface area contributed by atoms with Crippen molar-refractivity contribution in [1.82, 2.24) is 5.32 Å². The van der Waals surface area contributed by atoms with E-state index in [0.29, 0.717) is 0 Å². The van der Waals surface area contributed by atoms with Crippen molar-refractivity contribution in [2.24, 2.45) is 0 Å². The number of methoxy groups -OCH3 is 1.